The number of rotatable bonds is 2. The van der Waals surface area contributed by atoms with Crippen molar-refractivity contribution in [2.45, 2.75) is 6.92 Å². The molecule has 0 amide bonds. The average molecular weight is 191 g/mol. The molecule has 5 heteroatoms. The number of imidazole rings is 1. The molecule has 5 nitrogen and oxygen atoms in total. The number of ketones is 1. The molecular formula is C9H9N3O2. The van der Waals surface area contributed by atoms with E-state index in [4.69, 9.17) is 5.11 Å². The molecule has 0 spiro atoms. The Morgan fingerprint density at radius 3 is 3.14 bits per heavy atom. The van der Waals surface area contributed by atoms with E-state index in [9.17, 15) is 4.79 Å². The second-order valence-electron chi connectivity index (χ2n) is 2.99. The summed E-state index contributed by atoms with van der Waals surface area (Å²) in [4.78, 5) is 22.2. The Morgan fingerprint density at radius 1 is 1.64 bits per heavy atom. The fourth-order valence-corrected chi connectivity index (χ4v) is 1.27. The fourth-order valence-electron chi connectivity index (χ4n) is 1.27. The minimum absolute atomic E-state index is 0.242. The third kappa shape index (κ3) is 1.38. The molecule has 2 aromatic rings. The van der Waals surface area contributed by atoms with Crippen LogP contribution in [-0.2, 0) is 0 Å². The van der Waals surface area contributed by atoms with E-state index in [0.29, 0.717) is 5.52 Å². The number of fused-ring (bicyclic) bond motifs is 1. The topological polar surface area (TPSA) is 78.9 Å². The lowest BCUT2D eigenvalue weighted by Crippen LogP contribution is -2.06. The smallest absolute Gasteiger partial charge is 0.206 e. The molecule has 0 aromatic carbocycles. The summed E-state index contributed by atoms with van der Waals surface area (Å²) in [7, 11) is 0. The van der Waals surface area contributed by atoms with Crippen LogP contribution in [0.15, 0.2) is 12.3 Å². The lowest BCUT2D eigenvalue weighted by Gasteiger charge is -1.94. The Labute approximate surface area is 79.8 Å². The van der Waals surface area contributed by atoms with Crippen molar-refractivity contribution in [1.82, 2.24) is 15.0 Å². The second kappa shape index (κ2) is 3.19. The van der Waals surface area contributed by atoms with Gasteiger partial charge in [0.25, 0.3) is 0 Å². The van der Waals surface area contributed by atoms with E-state index in [-0.39, 0.29) is 5.69 Å². The molecule has 2 rings (SSSR count). The number of carbonyl (C=O) groups excluding carboxylic acids is 1. The first-order valence-corrected chi connectivity index (χ1v) is 4.17. The number of aromatic amines is 1. The molecule has 72 valence electrons. The molecule has 2 N–H and O–H groups in total. The van der Waals surface area contributed by atoms with Crippen LogP contribution in [0.1, 0.15) is 16.3 Å². The van der Waals surface area contributed by atoms with Crippen LogP contribution in [0.2, 0.25) is 0 Å². The summed E-state index contributed by atoms with van der Waals surface area (Å²) in [6, 6.07) is 1.57. The first-order valence-electron chi connectivity index (χ1n) is 4.17. The van der Waals surface area contributed by atoms with Crippen LogP contribution in [0.25, 0.3) is 11.0 Å². The first-order chi connectivity index (χ1) is 6.70. The molecule has 0 saturated heterocycles. The molecule has 0 fully saturated rings. The van der Waals surface area contributed by atoms with E-state index in [1.807, 2.05) is 6.92 Å². The van der Waals surface area contributed by atoms with Gasteiger partial charge < -0.3 is 10.1 Å². The second-order valence-corrected chi connectivity index (χ2v) is 2.99. The maximum Gasteiger partial charge on any atom is 0.206 e. The first kappa shape index (κ1) is 8.83. The SMILES string of the molecule is Cc1nc2cc(C(=O)CO)ncc2[nH]1. The summed E-state index contributed by atoms with van der Waals surface area (Å²) >= 11 is 0. The molecule has 2 aromatic heterocycles. The van der Waals surface area contributed by atoms with Gasteiger partial charge in [-0.25, -0.2) is 4.98 Å². The highest BCUT2D eigenvalue weighted by Crippen LogP contribution is 2.11. The molecule has 0 saturated carbocycles. The predicted octanol–water partition coefficient (Wildman–Crippen LogP) is 0.441. The van der Waals surface area contributed by atoms with Crippen molar-refractivity contribution in [3.05, 3.63) is 23.8 Å². The quantitative estimate of drug-likeness (QED) is 0.675. The lowest BCUT2D eigenvalue weighted by molar-refractivity contribution is 0.0899. The molecule has 0 radical (unpaired) electrons. The third-order valence-corrected chi connectivity index (χ3v) is 1.92. The molecule has 14 heavy (non-hydrogen) atoms. The van der Waals surface area contributed by atoms with Crippen molar-refractivity contribution in [2.75, 3.05) is 6.61 Å². The van der Waals surface area contributed by atoms with Crippen molar-refractivity contribution in [2.24, 2.45) is 0 Å². The van der Waals surface area contributed by atoms with Crippen LogP contribution in [-0.4, -0.2) is 32.4 Å². The minimum atomic E-state index is -0.526. The summed E-state index contributed by atoms with van der Waals surface area (Å²) in [6.45, 7) is 1.30. The normalized spacial score (nSPS) is 10.7. The van der Waals surface area contributed by atoms with Crippen LogP contribution in [0, 0.1) is 6.92 Å². The third-order valence-electron chi connectivity index (χ3n) is 1.92. The van der Waals surface area contributed by atoms with Gasteiger partial charge in [-0.2, -0.15) is 0 Å². The van der Waals surface area contributed by atoms with Crippen LogP contribution in [0.3, 0.4) is 0 Å². The van der Waals surface area contributed by atoms with Crippen LogP contribution in [0.4, 0.5) is 0 Å². The van der Waals surface area contributed by atoms with Crippen molar-refractivity contribution in [1.29, 1.82) is 0 Å². The van der Waals surface area contributed by atoms with Gasteiger partial charge in [-0.1, -0.05) is 0 Å². The van der Waals surface area contributed by atoms with Crippen molar-refractivity contribution < 1.29 is 9.90 Å². The Kier molecular flexibility index (Phi) is 2.01. The number of hydrogen-bond donors (Lipinski definition) is 2. The Hall–Kier alpha value is -1.75. The van der Waals surface area contributed by atoms with Crippen molar-refractivity contribution in [3.8, 4) is 0 Å². The van der Waals surface area contributed by atoms with E-state index in [1.165, 1.54) is 6.20 Å². The number of pyridine rings is 1. The molecular weight excluding hydrogens is 182 g/mol. The Balaban J connectivity index is 2.55. The van der Waals surface area contributed by atoms with E-state index >= 15 is 0 Å². The zero-order valence-electron chi connectivity index (χ0n) is 7.61. The zero-order chi connectivity index (χ0) is 10.1. The summed E-state index contributed by atoms with van der Waals surface area (Å²) in [5.74, 6) is 0.378. The number of aromatic nitrogens is 3. The van der Waals surface area contributed by atoms with E-state index < -0.39 is 12.4 Å². The predicted molar refractivity (Wildman–Crippen MR) is 50.0 cm³/mol. The van der Waals surface area contributed by atoms with E-state index in [2.05, 4.69) is 15.0 Å². The van der Waals surface area contributed by atoms with Crippen LogP contribution in [0.5, 0.6) is 0 Å². The van der Waals surface area contributed by atoms with Gasteiger partial charge in [0.1, 0.15) is 18.1 Å². The number of hydrogen-bond acceptors (Lipinski definition) is 4. The fraction of sp³-hybridized carbons (Fsp3) is 0.222. The van der Waals surface area contributed by atoms with Gasteiger partial charge in [0.05, 0.1) is 17.2 Å². The highest BCUT2D eigenvalue weighted by Gasteiger charge is 2.08. The molecule has 0 unspecified atom stereocenters. The number of aliphatic hydroxyl groups is 1. The summed E-state index contributed by atoms with van der Waals surface area (Å²) < 4.78 is 0. The van der Waals surface area contributed by atoms with Gasteiger partial charge in [0, 0.05) is 0 Å². The monoisotopic (exact) mass is 191 g/mol. The number of aliphatic hydroxyl groups excluding tert-OH is 1. The maximum absolute atomic E-state index is 11.1. The van der Waals surface area contributed by atoms with Crippen molar-refractivity contribution in [3.63, 3.8) is 0 Å². The number of Topliss-reactive ketones (excluding diaryl/α,β-unsaturated/α-hetero) is 1. The molecule has 0 bridgehead atoms. The number of nitrogens with zero attached hydrogens (tertiary/aromatic N) is 2. The van der Waals surface area contributed by atoms with Gasteiger partial charge in [0.15, 0.2) is 0 Å². The van der Waals surface area contributed by atoms with Gasteiger partial charge in [-0.15, -0.1) is 0 Å². The standard InChI is InChI=1S/C9H9N3O2/c1-5-11-6-2-7(9(14)4-13)10-3-8(6)12-5/h2-3,13H,4H2,1H3,(H,11,12). The molecule has 0 aliphatic rings. The Morgan fingerprint density at radius 2 is 2.43 bits per heavy atom. The molecule has 2 heterocycles. The highest BCUT2D eigenvalue weighted by atomic mass is 16.3. The number of aryl methyl sites for hydroxylation is 1. The lowest BCUT2D eigenvalue weighted by atomic mass is 10.2. The highest BCUT2D eigenvalue weighted by molar-refractivity contribution is 5.97. The number of H-pyrrole nitrogens is 1. The average Bonchev–Trinajstić information content (AvgIpc) is 2.55. The summed E-state index contributed by atoms with van der Waals surface area (Å²) in [6.07, 6.45) is 1.54. The van der Waals surface area contributed by atoms with Gasteiger partial charge in [-0.05, 0) is 13.0 Å². The van der Waals surface area contributed by atoms with E-state index in [1.54, 1.807) is 6.07 Å². The van der Waals surface area contributed by atoms with Gasteiger partial charge in [-0.3, -0.25) is 9.78 Å². The largest absolute Gasteiger partial charge is 0.388 e. The molecule has 0 aliphatic carbocycles. The minimum Gasteiger partial charge on any atom is -0.388 e. The number of carbonyl (C=O) groups is 1. The summed E-state index contributed by atoms with van der Waals surface area (Å²) in [5, 5.41) is 8.65. The van der Waals surface area contributed by atoms with Crippen molar-refractivity contribution >= 4 is 16.8 Å². The van der Waals surface area contributed by atoms with E-state index in [0.717, 1.165) is 11.3 Å². The molecule has 0 aliphatic heterocycles. The van der Waals surface area contributed by atoms with Gasteiger partial charge in [0.2, 0.25) is 5.78 Å². The number of nitrogens with one attached hydrogen (secondary N) is 1. The van der Waals surface area contributed by atoms with Crippen LogP contribution >= 0.6 is 0 Å². The Bertz CT molecular complexity index is 490. The molecule has 0 atom stereocenters. The van der Waals surface area contributed by atoms with Crippen LogP contribution < -0.4 is 0 Å². The zero-order valence-corrected chi connectivity index (χ0v) is 7.61. The maximum atomic E-state index is 11.1. The summed E-state index contributed by atoms with van der Waals surface area (Å²) in [5.41, 5.74) is 1.72. The van der Waals surface area contributed by atoms with Gasteiger partial charge >= 0.3 is 0 Å².